The van der Waals surface area contributed by atoms with Gasteiger partial charge in [-0.15, -0.1) is 0 Å². The van der Waals surface area contributed by atoms with Gasteiger partial charge in [-0.25, -0.2) is 13.1 Å². The van der Waals surface area contributed by atoms with E-state index in [1.165, 1.54) is 0 Å². The summed E-state index contributed by atoms with van der Waals surface area (Å²) in [4.78, 5) is 4.14. The van der Waals surface area contributed by atoms with Gasteiger partial charge in [-0.3, -0.25) is 4.98 Å². The van der Waals surface area contributed by atoms with Crippen LogP contribution in [0.25, 0.3) is 11.1 Å². The van der Waals surface area contributed by atoms with Crippen LogP contribution in [0.1, 0.15) is 5.56 Å². The molecule has 6 heteroatoms. The average Bonchev–Trinajstić information content (AvgIpc) is 2.62. The molecule has 0 saturated carbocycles. The zero-order valence-corrected chi connectivity index (χ0v) is 14.3. The highest BCUT2D eigenvalue weighted by Crippen LogP contribution is 2.23. The van der Waals surface area contributed by atoms with Crippen molar-refractivity contribution in [2.45, 2.75) is 11.4 Å². The van der Waals surface area contributed by atoms with Crippen molar-refractivity contribution in [2.75, 3.05) is 0 Å². The molecule has 122 valence electrons. The molecule has 1 N–H and O–H groups in total. The Kier molecular flexibility index (Phi) is 4.94. The standard InChI is InChI=1S/C18H15ClN2O2S/c19-17-5-1-15(2-6-17)16-3-7-18(8-4-16)24(22,23)21-13-14-9-11-20-12-10-14/h1-12,21H,13H2. The van der Waals surface area contributed by atoms with Gasteiger partial charge in [0.1, 0.15) is 0 Å². The highest BCUT2D eigenvalue weighted by Gasteiger charge is 2.13. The van der Waals surface area contributed by atoms with Gasteiger partial charge in [0.2, 0.25) is 10.0 Å². The Morgan fingerprint density at radius 3 is 1.96 bits per heavy atom. The number of sulfonamides is 1. The van der Waals surface area contributed by atoms with Crippen LogP contribution >= 0.6 is 11.6 Å². The Hall–Kier alpha value is -2.21. The molecule has 0 radical (unpaired) electrons. The third-order valence-corrected chi connectivity index (χ3v) is 5.23. The molecule has 2 aromatic carbocycles. The maximum atomic E-state index is 12.4. The van der Waals surface area contributed by atoms with E-state index in [4.69, 9.17) is 11.6 Å². The molecule has 0 spiro atoms. The van der Waals surface area contributed by atoms with Gasteiger partial charge in [0.15, 0.2) is 0 Å². The maximum Gasteiger partial charge on any atom is 0.240 e. The summed E-state index contributed by atoms with van der Waals surface area (Å²) in [5.74, 6) is 0. The molecule has 0 amide bonds. The highest BCUT2D eigenvalue weighted by molar-refractivity contribution is 7.89. The Balaban J connectivity index is 1.75. The highest BCUT2D eigenvalue weighted by atomic mass is 35.5. The Bertz CT molecular complexity index is 909. The van der Waals surface area contributed by atoms with Crippen molar-refractivity contribution in [3.05, 3.63) is 83.6 Å². The lowest BCUT2D eigenvalue weighted by molar-refractivity contribution is 0.581. The molecule has 3 rings (SSSR count). The predicted octanol–water partition coefficient (Wildman–Crippen LogP) is 3.88. The minimum absolute atomic E-state index is 0.226. The molecule has 0 aliphatic rings. The first-order valence-corrected chi connectivity index (χ1v) is 9.15. The second-order valence-electron chi connectivity index (χ2n) is 5.21. The lowest BCUT2D eigenvalue weighted by Crippen LogP contribution is -2.23. The molecule has 1 heterocycles. The zero-order valence-electron chi connectivity index (χ0n) is 12.7. The minimum Gasteiger partial charge on any atom is -0.265 e. The van der Waals surface area contributed by atoms with Crippen molar-refractivity contribution in [1.29, 1.82) is 0 Å². The number of hydrogen-bond donors (Lipinski definition) is 1. The zero-order chi connectivity index (χ0) is 17.0. The number of benzene rings is 2. The SMILES string of the molecule is O=S(=O)(NCc1ccncc1)c1ccc(-c2ccc(Cl)cc2)cc1. The number of nitrogens with one attached hydrogen (secondary N) is 1. The fourth-order valence-electron chi connectivity index (χ4n) is 2.23. The lowest BCUT2D eigenvalue weighted by atomic mass is 10.1. The number of rotatable bonds is 5. The Morgan fingerprint density at radius 1 is 0.833 bits per heavy atom. The first-order valence-electron chi connectivity index (χ1n) is 7.29. The topological polar surface area (TPSA) is 59.1 Å². The van der Waals surface area contributed by atoms with E-state index in [9.17, 15) is 8.42 Å². The molecule has 0 bridgehead atoms. The molecule has 0 aliphatic heterocycles. The van der Waals surface area contributed by atoms with Crippen LogP contribution in [0, 0.1) is 0 Å². The third kappa shape index (κ3) is 4.00. The van der Waals surface area contributed by atoms with Crippen molar-refractivity contribution in [1.82, 2.24) is 9.71 Å². The van der Waals surface area contributed by atoms with Gasteiger partial charge in [-0.2, -0.15) is 0 Å². The summed E-state index contributed by atoms with van der Waals surface area (Å²) in [6, 6.07) is 17.7. The molecule has 0 fully saturated rings. The Morgan fingerprint density at radius 2 is 1.38 bits per heavy atom. The second kappa shape index (κ2) is 7.13. The van der Waals surface area contributed by atoms with Gasteiger partial charge in [0.25, 0.3) is 0 Å². The van der Waals surface area contributed by atoms with Crippen molar-refractivity contribution in [3.63, 3.8) is 0 Å². The number of hydrogen-bond acceptors (Lipinski definition) is 3. The minimum atomic E-state index is -3.56. The van der Waals surface area contributed by atoms with E-state index in [0.717, 1.165) is 16.7 Å². The Labute approximate surface area is 146 Å². The van der Waals surface area contributed by atoms with E-state index in [0.29, 0.717) is 5.02 Å². The molecule has 3 aromatic rings. The van der Waals surface area contributed by atoms with Gasteiger partial charge in [0, 0.05) is 24.0 Å². The second-order valence-corrected chi connectivity index (χ2v) is 7.41. The van der Waals surface area contributed by atoms with Gasteiger partial charge >= 0.3 is 0 Å². The molecular formula is C18H15ClN2O2S. The van der Waals surface area contributed by atoms with Gasteiger partial charge < -0.3 is 0 Å². The van der Waals surface area contributed by atoms with Crippen LogP contribution in [0.3, 0.4) is 0 Å². The molecule has 0 aliphatic carbocycles. The van der Waals surface area contributed by atoms with E-state index in [1.807, 2.05) is 12.1 Å². The average molecular weight is 359 g/mol. The lowest BCUT2D eigenvalue weighted by Gasteiger charge is -2.08. The quantitative estimate of drug-likeness (QED) is 0.753. The number of halogens is 1. The number of nitrogens with zero attached hydrogens (tertiary/aromatic N) is 1. The molecule has 24 heavy (non-hydrogen) atoms. The molecular weight excluding hydrogens is 344 g/mol. The van der Waals surface area contributed by atoms with Gasteiger partial charge in [-0.1, -0.05) is 35.9 Å². The van der Waals surface area contributed by atoms with Crippen molar-refractivity contribution in [3.8, 4) is 11.1 Å². The number of pyridine rings is 1. The fraction of sp³-hybridized carbons (Fsp3) is 0.0556. The molecule has 1 aromatic heterocycles. The van der Waals surface area contributed by atoms with Crippen LogP contribution in [0.15, 0.2) is 78.0 Å². The first-order chi connectivity index (χ1) is 11.5. The summed E-state index contributed by atoms with van der Waals surface area (Å²) in [5.41, 5.74) is 2.76. The van der Waals surface area contributed by atoms with E-state index in [2.05, 4.69) is 9.71 Å². The number of aromatic nitrogens is 1. The van der Waals surface area contributed by atoms with Gasteiger partial charge in [0.05, 0.1) is 4.90 Å². The van der Waals surface area contributed by atoms with Crippen molar-refractivity contribution in [2.24, 2.45) is 0 Å². The van der Waals surface area contributed by atoms with E-state index in [1.54, 1.807) is 60.9 Å². The largest absolute Gasteiger partial charge is 0.265 e. The summed E-state index contributed by atoms with van der Waals surface area (Å²) >= 11 is 5.88. The smallest absolute Gasteiger partial charge is 0.240 e. The third-order valence-electron chi connectivity index (χ3n) is 3.56. The van der Waals surface area contributed by atoms with Crippen LogP contribution in [-0.2, 0) is 16.6 Å². The summed E-state index contributed by atoms with van der Waals surface area (Å²) < 4.78 is 27.3. The summed E-state index contributed by atoms with van der Waals surface area (Å²) in [6.07, 6.45) is 3.26. The van der Waals surface area contributed by atoms with E-state index >= 15 is 0 Å². The van der Waals surface area contributed by atoms with Crippen LogP contribution in [-0.4, -0.2) is 13.4 Å². The van der Waals surface area contributed by atoms with Crippen LogP contribution < -0.4 is 4.72 Å². The monoisotopic (exact) mass is 358 g/mol. The molecule has 0 unspecified atom stereocenters. The van der Waals surface area contributed by atoms with Crippen LogP contribution in [0.5, 0.6) is 0 Å². The normalized spacial score (nSPS) is 11.4. The van der Waals surface area contributed by atoms with Crippen LogP contribution in [0.4, 0.5) is 0 Å². The van der Waals surface area contributed by atoms with Crippen molar-refractivity contribution >= 4 is 21.6 Å². The molecule has 0 saturated heterocycles. The van der Waals surface area contributed by atoms with E-state index in [-0.39, 0.29) is 11.4 Å². The van der Waals surface area contributed by atoms with Crippen LogP contribution in [0.2, 0.25) is 5.02 Å². The van der Waals surface area contributed by atoms with Gasteiger partial charge in [-0.05, 0) is 53.1 Å². The summed E-state index contributed by atoms with van der Waals surface area (Å²) in [5, 5.41) is 0.665. The predicted molar refractivity (Wildman–Crippen MR) is 95.2 cm³/mol. The molecule has 4 nitrogen and oxygen atoms in total. The summed E-state index contributed by atoms with van der Waals surface area (Å²) in [6.45, 7) is 0.226. The maximum absolute atomic E-state index is 12.4. The summed E-state index contributed by atoms with van der Waals surface area (Å²) in [7, 11) is -3.56. The first kappa shape index (κ1) is 16.6. The fourth-order valence-corrected chi connectivity index (χ4v) is 3.37. The van der Waals surface area contributed by atoms with E-state index < -0.39 is 10.0 Å². The molecule has 0 atom stereocenters. The van der Waals surface area contributed by atoms with Crippen molar-refractivity contribution < 1.29 is 8.42 Å².